The molecule has 1 aliphatic rings. The van der Waals surface area contributed by atoms with E-state index in [0.29, 0.717) is 18.3 Å². The Morgan fingerprint density at radius 2 is 2.25 bits per heavy atom. The number of primary amides is 1. The molecule has 1 atom stereocenters. The lowest BCUT2D eigenvalue weighted by molar-refractivity contribution is -0.118. The van der Waals surface area contributed by atoms with Crippen LogP contribution in [0.4, 0.5) is 5.82 Å². The summed E-state index contributed by atoms with van der Waals surface area (Å²) in [4.78, 5) is 13.2. The van der Waals surface area contributed by atoms with Gasteiger partial charge in [0.05, 0.1) is 5.69 Å². The van der Waals surface area contributed by atoms with E-state index in [-0.39, 0.29) is 5.91 Å². The molecule has 0 aromatic carbocycles. The number of hydrogen-bond donors (Lipinski definition) is 1. The first kappa shape index (κ1) is 14.8. The monoisotopic (exact) mass is 276 g/mol. The number of nitrogens with zero attached hydrogens (tertiary/aromatic N) is 3. The summed E-state index contributed by atoms with van der Waals surface area (Å²) in [6.45, 7) is 6.20. The second-order valence-electron chi connectivity index (χ2n) is 5.93. The first-order valence-corrected chi connectivity index (χ1v) is 7.43. The summed E-state index contributed by atoms with van der Waals surface area (Å²) in [6, 6.07) is 4.11. The average Bonchev–Trinajstić information content (AvgIpc) is 2.45. The zero-order valence-corrected chi connectivity index (χ0v) is 12.4. The molecule has 2 rings (SSSR count). The summed E-state index contributed by atoms with van der Waals surface area (Å²) in [5.74, 6) is 1.67. The normalized spacial score (nSPS) is 19.4. The SMILES string of the molecule is CC(C)c1ccc(N2CCCC(CCC(N)=O)C2)nn1. The maximum absolute atomic E-state index is 10.9. The summed E-state index contributed by atoms with van der Waals surface area (Å²) in [5, 5.41) is 8.62. The van der Waals surface area contributed by atoms with Gasteiger partial charge in [0.1, 0.15) is 0 Å². The number of rotatable bonds is 5. The molecule has 0 radical (unpaired) electrons. The molecule has 5 nitrogen and oxygen atoms in total. The molecule has 20 heavy (non-hydrogen) atoms. The Kier molecular flexibility index (Phi) is 4.93. The Balaban J connectivity index is 1.96. The van der Waals surface area contributed by atoms with Gasteiger partial charge in [-0.15, -0.1) is 5.10 Å². The number of hydrogen-bond acceptors (Lipinski definition) is 4. The molecule has 1 aromatic heterocycles. The van der Waals surface area contributed by atoms with Crippen LogP contribution in [0.25, 0.3) is 0 Å². The quantitative estimate of drug-likeness (QED) is 0.893. The van der Waals surface area contributed by atoms with E-state index in [1.807, 2.05) is 0 Å². The van der Waals surface area contributed by atoms with Crippen molar-refractivity contribution in [3.05, 3.63) is 17.8 Å². The molecule has 110 valence electrons. The van der Waals surface area contributed by atoms with E-state index in [1.54, 1.807) is 0 Å². The highest BCUT2D eigenvalue weighted by Crippen LogP contribution is 2.24. The van der Waals surface area contributed by atoms with Crippen LogP contribution in [0.15, 0.2) is 12.1 Å². The van der Waals surface area contributed by atoms with Crippen molar-refractivity contribution in [2.75, 3.05) is 18.0 Å². The average molecular weight is 276 g/mol. The lowest BCUT2D eigenvalue weighted by atomic mass is 9.93. The van der Waals surface area contributed by atoms with Gasteiger partial charge in [-0.05, 0) is 43.2 Å². The van der Waals surface area contributed by atoms with Crippen LogP contribution in [0.5, 0.6) is 0 Å². The maximum atomic E-state index is 10.9. The summed E-state index contributed by atoms with van der Waals surface area (Å²) < 4.78 is 0. The second-order valence-corrected chi connectivity index (χ2v) is 5.93. The third-order valence-electron chi connectivity index (χ3n) is 3.90. The predicted molar refractivity (Wildman–Crippen MR) is 79.5 cm³/mol. The fraction of sp³-hybridized carbons (Fsp3) is 0.667. The summed E-state index contributed by atoms with van der Waals surface area (Å²) in [5.41, 5.74) is 6.25. The minimum absolute atomic E-state index is 0.205. The van der Waals surface area contributed by atoms with E-state index in [2.05, 4.69) is 41.1 Å². The lowest BCUT2D eigenvalue weighted by Crippen LogP contribution is -2.36. The van der Waals surface area contributed by atoms with Crippen molar-refractivity contribution in [1.29, 1.82) is 0 Å². The van der Waals surface area contributed by atoms with Gasteiger partial charge in [-0.1, -0.05) is 13.8 Å². The minimum atomic E-state index is -0.205. The Hall–Kier alpha value is -1.65. The van der Waals surface area contributed by atoms with Crippen LogP contribution in [0.3, 0.4) is 0 Å². The molecule has 0 saturated carbocycles. The van der Waals surface area contributed by atoms with Crippen LogP contribution in [-0.4, -0.2) is 29.2 Å². The van der Waals surface area contributed by atoms with Gasteiger partial charge in [-0.25, -0.2) is 0 Å². The van der Waals surface area contributed by atoms with Crippen molar-refractivity contribution in [3.63, 3.8) is 0 Å². The lowest BCUT2D eigenvalue weighted by Gasteiger charge is -2.33. The Bertz CT molecular complexity index is 444. The molecule has 1 aromatic rings. The van der Waals surface area contributed by atoms with Gasteiger partial charge in [0.25, 0.3) is 0 Å². The van der Waals surface area contributed by atoms with Crippen molar-refractivity contribution in [3.8, 4) is 0 Å². The van der Waals surface area contributed by atoms with Gasteiger partial charge < -0.3 is 10.6 Å². The molecule has 1 amide bonds. The van der Waals surface area contributed by atoms with E-state index in [0.717, 1.165) is 37.4 Å². The molecular weight excluding hydrogens is 252 g/mol. The van der Waals surface area contributed by atoms with Crippen molar-refractivity contribution in [2.24, 2.45) is 11.7 Å². The first-order valence-electron chi connectivity index (χ1n) is 7.43. The molecule has 1 fully saturated rings. The van der Waals surface area contributed by atoms with Crippen molar-refractivity contribution in [1.82, 2.24) is 10.2 Å². The third-order valence-corrected chi connectivity index (χ3v) is 3.90. The van der Waals surface area contributed by atoms with E-state index in [1.165, 1.54) is 6.42 Å². The molecule has 1 saturated heterocycles. The Morgan fingerprint density at radius 3 is 2.85 bits per heavy atom. The van der Waals surface area contributed by atoms with Crippen LogP contribution in [0.1, 0.15) is 51.1 Å². The Labute approximate surface area is 120 Å². The molecule has 2 heterocycles. The topological polar surface area (TPSA) is 72.1 Å². The molecule has 0 aliphatic carbocycles. The van der Waals surface area contributed by atoms with E-state index in [4.69, 9.17) is 5.73 Å². The maximum Gasteiger partial charge on any atom is 0.217 e. The highest BCUT2D eigenvalue weighted by Gasteiger charge is 2.21. The van der Waals surface area contributed by atoms with Gasteiger partial charge in [-0.3, -0.25) is 4.79 Å². The van der Waals surface area contributed by atoms with Crippen LogP contribution in [0.2, 0.25) is 0 Å². The number of amides is 1. The zero-order chi connectivity index (χ0) is 14.5. The van der Waals surface area contributed by atoms with Crippen LogP contribution >= 0.6 is 0 Å². The molecule has 1 unspecified atom stereocenters. The fourth-order valence-corrected chi connectivity index (χ4v) is 2.67. The first-order chi connectivity index (χ1) is 9.56. The molecule has 1 aliphatic heterocycles. The van der Waals surface area contributed by atoms with Crippen molar-refractivity contribution >= 4 is 11.7 Å². The molecule has 0 spiro atoms. The van der Waals surface area contributed by atoms with Gasteiger partial charge in [0.2, 0.25) is 5.91 Å². The highest BCUT2D eigenvalue weighted by atomic mass is 16.1. The van der Waals surface area contributed by atoms with E-state index < -0.39 is 0 Å². The number of anilines is 1. The summed E-state index contributed by atoms with van der Waals surface area (Å²) in [7, 11) is 0. The largest absolute Gasteiger partial charge is 0.370 e. The number of nitrogens with two attached hydrogens (primary N) is 1. The molecule has 0 bridgehead atoms. The summed E-state index contributed by atoms with van der Waals surface area (Å²) >= 11 is 0. The standard InChI is InChI=1S/C15H24N4O/c1-11(2)13-6-8-15(18-17-13)19-9-3-4-12(10-19)5-7-14(16)20/h6,8,11-12H,3-5,7,9-10H2,1-2H3,(H2,16,20). The fourth-order valence-electron chi connectivity index (χ4n) is 2.67. The van der Waals surface area contributed by atoms with Crippen LogP contribution < -0.4 is 10.6 Å². The highest BCUT2D eigenvalue weighted by molar-refractivity contribution is 5.73. The van der Waals surface area contributed by atoms with Gasteiger partial charge in [0.15, 0.2) is 5.82 Å². The minimum Gasteiger partial charge on any atom is -0.370 e. The number of carbonyl (C=O) groups excluding carboxylic acids is 1. The molecule has 2 N–H and O–H groups in total. The predicted octanol–water partition coefficient (Wildman–Crippen LogP) is 2.08. The van der Waals surface area contributed by atoms with E-state index in [9.17, 15) is 4.79 Å². The molecular formula is C15H24N4O. The van der Waals surface area contributed by atoms with Crippen molar-refractivity contribution < 1.29 is 4.79 Å². The number of piperidine rings is 1. The second kappa shape index (κ2) is 6.68. The molecule has 5 heteroatoms. The third kappa shape index (κ3) is 3.92. The smallest absolute Gasteiger partial charge is 0.217 e. The van der Waals surface area contributed by atoms with Gasteiger partial charge >= 0.3 is 0 Å². The van der Waals surface area contributed by atoms with Crippen molar-refractivity contribution in [2.45, 2.75) is 45.4 Å². The van der Waals surface area contributed by atoms with Gasteiger partial charge in [0, 0.05) is 19.5 Å². The van der Waals surface area contributed by atoms with Crippen LogP contribution in [-0.2, 0) is 4.79 Å². The van der Waals surface area contributed by atoms with Gasteiger partial charge in [-0.2, -0.15) is 5.10 Å². The zero-order valence-electron chi connectivity index (χ0n) is 12.4. The Morgan fingerprint density at radius 1 is 1.45 bits per heavy atom. The number of aromatic nitrogens is 2. The number of carbonyl (C=O) groups is 1. The summed E-state index contributed by atoms with van der Waals surface area (Å²) in [6.07, 6.45) is 3.66. The van der Waals surface area contributed by atoms with Crippen LogP contribution in [0, 0.1) is 5.92 Å². The van der Waals surface area contributed by atoms with E-state index >= 15 is 0 Å².